The summed E-state index contributed by atoms with van der Waals surface area (Å²) in [6, 6.07) is 8.28. The molecule has 20 heavy (non-hydrogen) atoms. The minimum atomic E-state index is -3.20. The minimum absolute atomic E-state index is 0.329. The maximum atomic E-state index is 11.5. The Labute approximate surface area is 118 Å². The van der Waals surface area contributed by atoms with Crippen molar-refractivity contribution in [2.45, 2.75) is 6.04 Å². The summed E-state index contributed by atoms with van der Waals surface area (Å²) in [5, 5.41) is 9.43. The van der Waals surface area contributed by atoms with E-state index in [4.69, 9.17) is 0 Å². The molecule has 0 aliphatic carbocycles. The van der Waals surface area contributed by atoms with E-state index >= 15 is 0 Å². The number of rotatable bonds is 4. The van der Waals surface area contributed by atoms with E-state index in [1.54, 1.807) is 29.2 Å². The molecule has 1 N–H and O–H groups in total. The molecular weight excluding hydrogens is 280 g/mol. The second-order valence-electron chi connectivity index (χ2n) is 4.85. The first-order valence-corrected chi connectivity index (χ1v) is 8.21. The van der Waals surface area contributed by atoms with Crippen molar-refractivity contribution in [2.75, 3.05) is 32.4 Å². The number of carboxylic acids is 1. The number of carboxylic acid groups (broad SMARTS) is 1. The highest BCUT2D eigenvalue weighted by molar-refractivity contribution is 7.88. The lowest BCUT2D eigenvalue weighted by Gasteiger charge is -2.36. The van der Waals surface area contributed by atoms with Gasteiger partial charge < -0.3 is 5.11 Å². The number of hydrogen-bond acceptors (Lipinski definition) is 4. The molecule has 7 heteroatoms. The van der Waals surface area contributed by atoms with Crippen molar-refractivity contribution < 1.29 is 18.3 Å². The Kier molecular flexibility index (Phi) is 4.42. The Hall–Kier alpha value is -1.44. The maximum absolute atomic E-state index is 11.5. The Bertz CT molecular complexity index is 565. The van der Waals surface area contributed by atoms with Gasteiger partial charge in [0, 0.05) is 26.2 Å². The molecule has 6 nitrogen and oxygen atoms in total. The second-order valence-corrected chi connectivity index (χ2v) is 6.83. The fourth-order valence-corrected chi connectivity index (χ4v) is 3.26. The van der Waals surface area contributed by atoms with E-state index in [9.17, 15) is 18.3 Å². The molecule has 1 unspecified atom stereocenters. The van der Waals surface area contributed by atoms with Crippen LogP contribution in [-0.4, -0.2) is 61.1 Å². The van der Waals surface area contributed by atoms with E-state index in [0.717, 1.165) is 0 Å². The molecule has 0 radical (unpaired) electrons. The molecule has 0 saturated carbocycles. The third-order valence-corrected chi connectivity index (χ3v) is 4.76. The zero-order valence-electron chi connectivity index (χ0n) is 11.3. The zero-order valence-corrected chi connectivity index (χ0v) is 12.1. The van der Waals surface area contributed by atoms with E-state index in [-0.39, 0.29) is 0 Å². The van der Waals surface area contributed by atoms with E-state index < -0.39 is 22.0 Å². The van der Waals surface area contributed by atoms with Gasteiger partial charge in [-0.25, -0.2) is 8.42 Å². The van der Waals surface area contributed by atoms with Crippen LogP contribution in [-0.2, 0) is 14.8 Å². The zero-order chi connectivity index (χ0) is 14.8. The Morgan fingerprint density at radius 2 is 1.70 bits per heavy atom. The van der Waals surface area contributed by atoms with Gasteiger partial charge in [-0.05, 0) is 5.56 Å². The van der Waals surface area contributed by atoms with Gasteiger partial charge in [-0.2, -0.15) is 4.31 Å². The SMILES string of the molecule is CS(=O)(=O)N1CCN(C(C(=O)O)c2ccccc2)CC1. The molecule has 0 aromatic heterocycles. The van der Waals surface area contributed by atoms with Crippen LogP contribution in [0.1, 0.15) is 11.6 Å². The van der Waals surface area contributed by atoms with Gasteiger partial charge in [0.25, 0.3) is 0 Å². The first-order chi connectivity index (χ1) is 9.39. The van der Waals surface area contributed by atoms with E-state index in [2.05, 4.69) is 0 Å². The highest BCUT2D eigenvalue weighted by Crippen LogP contribution is 2.22. The summed E-state index contributed by atoms with van der Waals surface area (Å²) in [6.07, 6.45) is 1.18. The van der Waals surface area contributed by atoms with Gasteiger partial charge in [0.15, 0.2) is 0 Å². The van der Waals surface area contributed by atoms with Crippen LogP contribution in [0.4, 0.5) is 0 Å². The molecule has 1 aliphatic rings. The molecule has 0 bridgehead atoms. The summed E-state index contributed by atoms with van der Waals surface area (Å²) in [7, 11) is -3.20. The fraction of sp³-hybridized carbons (Fsp3) is 0.462. The van der Waals surface area contributed by atoms with Crippen LogP contribution in [0.3, 0.4) is 0 Å². The van der Waals surface area contributed by atoms with Crippen molar-refractivity contribution in [1.29, 1.82) is 0 Å². The molecule has 0 amide bonds. The average Bonchev–Trinajstić information content (AvgIpc) is 2.39. The predicted octanol–water partition coefficient (Wildman–Crippen LogP) is 0.390. The maximum Gasteiger partial charge on any atom is 0.325 e. The fourth-order valence-electron chi connectivity index (χ4n) is 2.44. The summed E-state index contributed by atoms with van der Waals surface area (Å²) >= 11 is 0. The molecule has 1 saturated heterocycles. The van der Waals surface area contributed by atoms with Gasteiger partial charge in [0.2, 0.25) is 10.0 Å². The number of sulfonamides is 1. The summed E-state index contributed by atoms with van der Waals surface area (Å²) in [5.41, 5.74) is 0.716. The van der Waals surface area contributed by atoms with Crippen LogP contribution in [0.15, 0.2) is 30.3 Å². The summed E-state index contributed by atoms with van der Waals surface area (Å²) in [5.74, 6) is -0.913. The lowest BCUT2D eigenvalue weighted by Crippen LogP contribution is -2.50. The molecule has 1 heterocycles. The third-order valence-electron chi connectivity index (χ3n) is 3.46. The second kappa shape index (κ2) is 5.90. The van der Waals surface area contributed by atoms with Crippen molar-refractivity contribution in [3.8, 4) is 0 Å². The summed E-state index contributed by atoms with van der Waals surface area (Å²) in [4.78, 5) is 13.3. The van der Waals surface area contributed by atoms with Crippen LogP contribution in [0.2, 0.25) is 0 Å². The Morgan fingerprint density at radius 1 is 1.15 bits per heavy atom. The van der Waals surface area contributed by atoms with Crippen molar-refractivity contribution in [2.24, 2.45) is 0 Å². The standard InChI is InChI=1S/C13H18N2O4S/c1-20(18,19)15-9-7-14(8-10-15)12(13(16)17)11-5-3-2-4-6-11/h2-6,12H,7-10H2,1H3,(H,16,17). The summed E-state index contributed by atoms with van der Waals surface area (Å²) < 4.78 is 24.3. The van der Waals surface area contributed by atoms with Crippen molar-refractivity contribution in [3.63, 3.8) is 0 Å². The highest BCUT2D eigenvalue weighted by Gasteiger charge is 2.32. The molecule has 1 aromatic rings. The van der Waals surface area contributed by atoms with Gasteiger partial charge in [-0.15, -0.1) is 0 Å². The van der Waals surface area contributed by atoms with Gasteiger partial charge >= 0.3 is 5.97 Å². The van der Waals surface area contributed by atoms with Crippen molar-refractivity contribution in [1.82, 2.24) is 9.21 Å². The summed E-state index contributed by atoms with van der Waals surface area (Å²) in [6.45, 7) is 1.49. The van der Waals surface area contributed by atoms with Gasteiger partial charge in [0.1, 0.15) is 6.04 Å². The number of nitrogens with zero attached hydrogens (tertiary/aromatic N) is 2. The lowest BCUT2D eigenvalue weighted by molar-refractivity contribution is -0.144. The van der Waals surface area contributed by atoms with Crippen LogP contribution in [0, 0.1) is 0 Å². The smallest absolute Gasteiger partial charge is 0.325 e. The third kappa shape index (κ3) is 3.36. The van der Waals surface area contributed by atoms with E-state index in [1.165, 1.54) is 10.6 Å². The lowest BCUT2D eigenvalue weighted by atomic mass is 10.0. The number of aliphatic carboxylic acids is 1. The Balaban J connectivity index is 2.12. The molecule has 1 aliphatic heterocycles. The Morgan fingerprint density at radius 3 is 2.15 bits per heavy atom. The van der Waals surface area contributed by atoms with E-state index in [0.29, 0.717) is 31.7 Å². The van der Waals surface area contributed by atoms with Crippen molar-refractivity contribution >= 4 is 16.0 Å². The first kappa shape index (κ1) is 15.0. The van der Waals surface area contributed by atoms with Gasteiger partial charge in [0.05, 0.1) is 6.26 Å². The molecule has 0 spiro atoms. The van der Waals surface area contributed by atoms with Gasteiger partial charge in [-0.3, -0.25) is 9.69 Å². The van der Waals surface area contributed by atoms with Crippen LogP contribution in [0.25, 0.3) is 0 Å². The predicted molar refractivity (Wildman–Crippen MR) is 74.8 cm³/mol. The van der Waals surface area contributed by atoms with Gasteiger partial charge in [-0.1, -0.05) is 30.3 Å². The molecule has 110 valence electrons. The average molecular weight is 298 g/mol. The molecule has 2 rings (SSSR count). The molecule has 1 fully saturated rings. The molecule has 1 atom stereocenters. The largest absolute Gasteiger partial charge is 0.480 e. The monoisotopic (exact) mass is 298 g/mol. The van der Waals surface area contributed by atoms with Crippen molar-refractivity contribution in [3.05, 3.63) is 35.9 Å². The van der Waals surface area contributed by atoms with Crippen LogP contribution < -0.4 is 0 Å². The minimum Gasteiger partial charge on any atom is -0.480 e. The quantitative estimate of drug-likeness (QED) is 0.870. The number of piperazine rings is 1. The number of benzene rings is 1. The number of carbonyl (C=O) groups is 1. The number of hydrogen-bond donors (Lipinski definition) is 1. The first-order valence-electron chi connectivity index (χ1n) is 6.36. The topological polar surface area (TPSA) is 77.9 Å². The van der Waals surface area contributed by atoms with Crippen LogP contribution >= 0.6 is 0 Å². The van der Waals surface area contributed by atoms with Crippen LogP contribution in [0.5, 0.6) is 0 Å². The van der Waals surface area contributed by atoms with E-state index in [1.807, 2.05) is 6.07 Å². The molecular formula is C13H18N2O4S. The molecule has 1 aromatic carbocycles. The normalized spacial score (nSPS) is 19.6. The highest BCUT2D eigenvalue weighted by atomic mass is 32.2.